The van der Waals surface area contributed by atoms with E-state index in [-0.39, 0.29) is 19.0 Å². The van der Waals surface area contributed by atoms with Crippen LogP contribution in [0, 0.1) is 17.5 Å². The Labute approximate surface area is 197 Å². The van der Waals surface area contributed by atoms with E-state index in [1.54, 1.807) is 24.3 Å². The first-order chi connectivity index (χ1) is 16.9. The third-order valence-corrected chi connectivity index (χ3v) is 6.15. The van der Waals surface area contributed by atoms with Crippen LogP contribution in [0.25, 0.3) is 22.4 Å². The highest BCUT2D eigenvalue weighted by Gasteiger charge is 2.45. The molecule has 0 unspecified atom stereocenters. The molecule has 1 atom stereocenters. The molecule has 9 heteroatoms. The molecule has 0 saturated carbocycles. The maximum atomic E-state index is 14.5. The maximum absolute atomic E-state index is 14.5. The van der Waals surface area contributed by atoms with E-state index in [0.29, 0.717) is 45.0 Å². The molecule has 174 valence electrons. The first-order valence-electron chi connectivity index (χ1n) is 10.7. The number of fused-ring (bicyclic) bond motifs is 4. The number of hydrogen-bond donors (Lipinski definition) is 1. The number of nitrogens with zero attached hydrogens (tertiary/aromatic N) is 3. The fourth-order valence-corrected chi connectivity index (χ4v) is 4.51. The van der Waals surface area contributed by atoms with E-state index in [4.69, 9.17) is 20.2 Å². The van der Waals surface area contributed by atoms with Crippen LogP contribution in [-0.4, -0.2) is 29.0 Å². The molecule has 6 rings (SSSR count). The molecule has 0 aliphatic carbocycles. The zero-order valence-corrected chi connectivity index (χ0v) is 18.1. The third kappa shape index (κ3) is 3.43. The summed E-state index contributed by atoms with van der Waals surface area (Å²) in [5.41, 5.74) is 7.89. The van der Waals surface area contributed by atoms with E-state index >= 15 is 0 Å². The van der Waals surface area contributed by atoms with Crippen LogP contribution in [0.1, 0.15) is 11.1 Å². The zero-order valence-electron chi connectivity index (χ0n) is 18.1. The van der Waals surface area contributed by atoms with Crippen LogP contribution in [-0.2, 0) is 10.3 Å². The molecule has 0 radical (unpaired) electrons. The molecular formula is C26H17F3N4O2. The molecule has 0 saturated heterocycles. The van der Waals surface area contributed by atoms with Crippen molar-refractivity contribution in [2.24, 2.45) is 10.7 Å². The fourth-order valence-electron chi connectivity index (χ4n) is 4.51. The fraction of sp³-hybridized carbons (Fsp3) is 0.115. The number of pyridine rings is 2. The second-order valence-electron chi connectivity index (χ2n) is 8.32. The highest BCUT2D eigenvalue weighted by molar-refractivity contribution is 5.84. The number of benzene rings is 2. The molecule has 4 aromatic rings. The maximum Gasteiger partial charge on any atom is 0.159 e. The second kappa shape index (κ2) is 7.92. The highest BCUT2D eigenvalue weighted by atomic mass is 19.2. The Morgan fingerprint density at radius 1 is 0.829 bits per heavy atom. The standard InChI is InChI=1S/C26H17F3N4O2/c27-19-5-6-31-10-16(19)14-2-4-23-17(7-14)26(13-34-12-25(30)33-26)18-9-22(32-11-24(18)35-23)15-1-3-20(28)21(29)8-15/h1-11H,12-13H2,(H2,30,33)/t26-/m0/s1. The normalized spacial score (nSPS) is 18.4. The highest BCUT2D eigenvalue weighted by Crippen LogP contribution is 2.51. The van der Waals surface area contributed by atoms with Gasteiger partial charge in [0.1, 0.15) is 29.5 Å². The van der Waals surface area contributed by atoms with E-state index < -0.39 is 23.0 Å². The molecule has 2 aromatic carbocycles. The average molecular weight is 474 g/mol. The molecule has 0 fully saturated rings. The van der Waals surface area contributed by atoms with Crippen LogP contribution < -0.4 is 10.5 Å². The molecule has 2 aromatic heterocycles. The molecular weight excluding hydrogens is 457 g/mol. The predicted octanol–water partition coefficient (Wildman–Crippen LogP) is 4.96. The van der Waals surface area contributed by atoms with Crippen LogP contribution in [0.2, 0.25) is 0 Å². The Hall–Kier alpha value is -4.24. The van der Waals surface area contributed by atoms with E-state index in [1.165, 1.54) is 30.7 Å². The van der Waals surface area contributed by atoms with Crippen molar-refractivity contribution >= 4 is 5.84 Å². The van der Waals surface area contributed by atoms with E-state index in [2.05, 4.69) is 9.97 Å². The van der Waals surface area contributed by atoms with Crippen molar-refractivity contribution in [2.75, 3.05) is 13.2 Å². The van der Waals surface area contributed by atoms with Gasteiger partial charge >= 0.3 is 0 Å². The van der Waals surface area contributed by atoms with Gasteiger partial charge in [-0.3, -0.25) is 15.0 Å². The lowest BCUT2D eigenvalue weighted by Crippen LogP contribution is -2.42. The number of hydrogen-bond acceptors (Lipinski definition) is 6. The quantitative estimate of drug-likeness (QED) is 0.444. The molecule has 2 aliphatic rings. The number of aromatic nitrogens is 2. The number of amidine groups is 1. The molecule has 0 amide bonds. The molecule has 2 N–H and O–H groups in total. The number of halogens is 3. The molecule has 1 spiro atoms. The van der Waals surface area contributed by atoms with Gasteiger partial charge in [-0.05, 0) is 48.0 Å². The summed E-state index contributed by atoms with van der Waals surface area (Å²) in [4.78, 5) is 13.2. The van der Waals surface area contributed by atoms with E-state index in [9.17, 15) is 13.2 Å². The predicted molar refractivity (Wildman–Crippen MR) is 123 cm³/mol. The Balaban J connectivity index is 1.57. The van der Waals surface area contributed by atoms with Crippen molar-refractivity contribution < 1.29 is 22.6 Å². The summed E-state index contributed by atoms with van der Waals surface area (Å²) in [6, 6.07) is 11.8. The van der Waals surface area contributed by atoms with Gasteiger partial charge in [-0.2, -0.15) is 0 Å². The van der Waals surface area contributed by atoms with Gasteiger partial charge in [0, 0.05) is 34.6 Å². The lowest BCUT2D eigenvalue weighted by Gasteiger charge is -2.39. The van der Waals surface area contributed by atoms with Crippen LogP contribution in [0.3, 0.4) is 0 Å². The van der Waals surface area contributed by atoms with Crippen molar-refractivity contribution in [3.05, 3.63) is 95.7 Å². The van der Waals surface area contributed by atoms with Gasteiger partial charge in [0.15, 0.2) is 17.4 Å². The van der Waals surface area contributed by atoms with E-state index in [1.807, 2.05) is 0 Å². The monoisotopic (exact) mass is 474 g/mol. The Morgan fingerprint density at radius 3 is 2.46 bits per heavy atom. The second-order valence-corrected chi connectivity index (χ2v) is 8.32. The van der Waals surface area contributed by atoms with Crippen molar-refractivity contribution in [1.82, 2.24) is 9.97 Å². The number of aliphatic imine (C=N–C) groups is 1. The Kier molecular flexibility index (Phi) is 4.82. The lowest BCUT2D eigenvalue weighted by molar-refractivity contribution is 0.110. The minimum atomic E-state index is -1.11. The zero-order chi connectivity index (χ0) is 24.2. The van der Waals surface area contributed by atoms with Gasteiger partial charge < -0.3 is 15.2 Å². The first-order valence-corrected chi connectivity index (χ1v) is 10.7. The van der Waals surface area contributed by atoms with Gasteiger partial charge in [-0.25, -0.2) is 13.2 Å². The largest absolute Gasteiger partial charge is 0.455 e. The summed E-state index contributed by atoms with van der Waals surface area (Å²) in [5.74, 6) is -1.15. The minimum Gasteiger partial charge on any atom is -0.455 e. The number of ether oxygens (including phenoxy) is 2. The lowest BCUT2D eigenvalue weighted by atomic mass is 9.79. The molecule has 6 nitrogen and oxygen atoms in total. The molecule has 4 heterocycles. The summed E-state index contributed by atoms with van der Waals surface area (Å²) >= 11 is 0. The van der Waals surface area contributed by atoms with Gasteiger partial charge in [0.25, 0.3) is 0 Å². The smallest absolute Gasteiger partial charge is 0.159 e. The third-order valence-electron chi connectivity index (χ3n) is 6.15. The Morgan fingerprint density at radius 2 is 1.66 bits per heavy atom. The topological polar surface area (TPSA) is 82.6 Å². The van der Waals surface area contributed by atoms with Crippen LogP contribution >= 0.6 is 0 Å². The minimum absolute atomic E-state index is 0.136. The van der Waals surface area contributed by atoms with Crippen molar-refractivity contribution in [2.45, 2.75) is 5.54 Å². The molecule has 2 aliphatic heterocycles. The van der Waals surface area contributed by atoms with E-state index in [0.717, 1.165) is 12.1 Å². The summed E-state index contributed by atoms with van der Waals surface area (Å²) in [7, 11) is 0. The average Bonchev–Trinajstić information content (AvgIpc) is 2.86. The van der Waals surface area contributed by atoms with Crippen molar-refractivity contribution in [3.8, 4) is 33.9 Å². The summed E-state index contributed by atoms with van der Waals surface area (Å²) in [6.07, 6.45) is 4.33. The van der Waals surface area contributed by atoms with Crippen molar-refractivity contribution in [3.63, 3.8) is 0 Å². The SMILES string of the molecule is NC1=N[C@@]2(COC1)c1cc(-c3cnccc3F)ccc1Oc1cnc(-c3ccc(F)c(F)c3)cc12. The summed E-state index contributed by atoms with van der Waals surface area (Å²) < 4.78 is 53.9. The van der Waals surface area contributed by atoms with Gasteiger partial charge in [-0.15, -0.1) is 0 Å². The van der Waals surface area contributed by atoms with Crippen LogP contribution in [0.5, 0.6) is 11.5 Å². The summed E-state index contributed by atoms with van der Waals surface area (Å²) in [5, 5.41) is 0. The van der Waals surface area contributed by atoms with Gasteiger partial charge in [0.2, 0.25) is 0 Å². The summed E-state index contributed by atoms with van der Waals surface area (Å²) in [6.45, 7) is 0.294. The van der Waals surface area contributed by atoms with Crippen LogP contribution in [0.15, 0.2) is 72.1 Å². The molecule has 35 heavy (non-hydrogen) atoms. The van der Waals surface area contributed by atoms with Crippen molar-refractivity contribution in [1.29, 1.82) is 0 Å². The van der Waals surface area contributed by atoms with Gasteiger partial charge in [-0.1, -0.05) is 6.07 Å². The Bertz CT molecular complexity index is 1520. The van der Waals surface area contributed by atoms with Crippen LogP contribution in [0.4, 0.5) is 13.2 Å². The number of rotatable bonds is 2. The number of nitrogens with two attached hydrogens (primary N) is 1. The van der Waals surface area contributed by atoms with Gasteiger partial charge in [0.05, 0.1) is 18.5 Å². The molecule has 0 bridgehead atoms. The first kappa shape index (κ1) is 21.3.